The molecule has 0 spiro atoms. The average Bonchev–Trinajstić information content (AvgIpc) is 2.46. The van der Waals surface area contributed by atoms with Gasteiger partial charge < -0.3 is 4.90 Å². The molecule has 0 radical (unpaired) electrons. The molecule has 1 amide bonds. The van der Waals surface area contributed by atoms with Crippen LogP contribution in [-0.2, 0) is 0 Å². The highest BCUT2D eigenvalue weighted by Gasteiger charge is 2.35. The number of carbonyl (C=O) groups is 1. The Balaban J connectivity index is 2.19. The van der Waals surface area contributed by atoms with Crippen molar-refractivity contribution in [2.45, 2.75) is 18.9 Å². The number of benzene rings is 2. The van der Waals surface area contributed by atoms with E-state index in [1.165, 1.54) is 5.56 Å². The van der Waals surface area contributed by atoms with Crippen molar-refractivity contribution in [2.24, 2.45) is 0 Å². The molecule has 0 saturated heterocycles. The third-order valence-corrected chi connectivity index (χ3v) is 4.10. The summed E-state index contributed by atoms with van der Waals surface area (Å²) in [6.07, 6.45) is 0. The van der Waals surface area contributed by atoms with Gasteiger partial charge >= 0.3 is 0 Å². The van der Waals surface area contributed by atoms with Gasteiger partial charge in [0.2, 0.25) is 0 Å². The molecular weight excluding hydrogens is 234 g/mol. The second-order valence-electron chi connectivity index (χ2n) is 5.13. The van der Waals surface area contributed by atoms with E-state index in [1.807, 2.05) is 36.2 Å². The van der Waals surface area contributed by atoms with Gasteiger partial charge in [-0.2, -0.15) is 0 Å². The Bertz CT molecular complexity index is 606. The lowest BCUT2D eigenvalue weighted by atomic mass is 9.79. The minimum atomic E-state index is 0.121. The van der Waals surface area contributed by atoms with Gasteiger partial charge in [0.05, 0.1) is 0 Å². The molecule has 0 fully saturated rings. The first-order chi connectivity index (χ1) is 9.20. The van der Waals surface area contributed by atoms with Crippen LogP contribution in [0.25, 0.3) is 0 Å². The quantitative estimate of drug-likeness (QED) is 0.761. The van der Waals surface area contributed by atoms with E-state index < -0.39 is 0 Å². The fraction of sp³-hybridized carbons (Fsp3) is 0.235. The summed E-state index contributed by atoms with van der Waals surface area (Å²) in [4.78, 5) is 14.2. The monoisotopic (exact) mass is 251 g/mol. The Kier molecular flexibility index (Phi) is 2.86. The summed E-state index contributed by atoms with van der Waals surface area (Å²) in [5, 5.41) is 0. The molecule has 2 heteroatoms. The average molecular weight is 251 g/mol. The molecule has 2 unspecified atom stereocenters. The van der Waals surface area contributed by atoms with E-state index in [9.17, 15) is 4.79 Å². The van der Waals surface area contributed by atoms with Crippen molar-refractivity contribution in [3.05, 3.63) is 71.3 Å². The Labute approximate surface area is 113 Å². The number of hydrogen-bond acceptors (Lipinski definition) is 1. The van der Waals surface area contributed by atoms with Crippen molar-refractivity contribution >= 4 is 5.91 Å². The van der Waals surface area contributed by atoms with Gasteiger partial charge in [0.25, 0.3) is 5.91 Å². The van der Waals surface area contributed by atoms with Crippen LogP contribution in [0.1, 0.15) is 34.3 Å². The summed E-state index contributed by atoms with van der Waals surface area (Å²) >= 11 is 0. The van der Waals surface area contributed by atoms with Crippen LogP contribution < -0.4 is 0 Å². The van der Waals surface area contributed by atoms with Crippen molar-refractivity contribution in [1.29, 1.82) is 0 Å². The first kappa shape index (κ1) is 12.0. The molecule has 96 valence electrons. The van der Waals surface area contributed by atoms with Crippen LogP contribution in [0.3, 0.4) is 0 Å². The molecule has 0 saturated carbocycles. The molecule has 3 rings (SSSR count). The van der Waals surface area contributed by atoms with E-state index in [0.29, 0.717) is 0 Å². The number of likely N-dealkylation sites (N-methyl/N-ethyl adjacent to an activating group) is 1. The van der Waals surface area contributed by atoms with Crippen molar-refractivity contribution in [1.82, 2.24) is 4.90 Å². The zero-order valence-corrected chi connectivity index (χ0v) is 11.2. The van der Waals surface area contributed by atoms with Gasteiger partial charge in [0.1, 0.15) is 0 Å². The summed E-state index contributed by atoms with van der Waals surface area (Å²) in [6, 6.07) is 18.5. The number of rotatable bonds is 1. The van der Waals surface area contributed by atoms with Crippen LogP contribution in [0.5, 0.6) is 0 Å². The normalized spacial score (nSPS) is 22.2. The zero-order valence-electron chi connectivity index (χ0n) is 11.2. The van der Waals surface area contributed by atoms with Gasteiger partial charge in [-0.3, -0.25) is 4.79 Å². The Morgan fingerprint density at radius 2 is 1.58 bits per heavy atom. The standard InChI is InChI=1S/C17H17NO/c1-12-16(13-8-4-3-5-9-13)14-10-6-7-11-15(14)17(19)18(12)2/h3-12,16H,1-2H3. The highest BCUT2D eigenvalue weighted by Crippen LogP contribution is 2.37. The largest absolute Gasteiger partial charge is 0.338 e. The smallest absolute Gasteiger partial charge is 0.254 e. The predicted octanol–water partition coefficient (Wildman–Crippen LogP) is 3.29. The first-order valence-corrected chi connectivity index (χ1v) is 6.61. The molecule has 19 heavy (non-hydrogen) atoms. The van der Waals surface area contributed by atoms with Crippen LogP contribution in [0.2, 0.25) is 0 Å². The molecule has 0 aromatic heterocycles. The third kappa shape index (κ3) is 1.84. The van der Waals surface area contributed by atoms with Gasteiger partial charge in [-0.15, -0.1) is 0 Å². The lowest BCUT2D eigenvalue weighted by Gasteiger charge is -2.38. The minimum absolute atomic E-state index is 0.121. The topological polar surface area (TPSA) is 20.3 Å². The van der Waals surface area contributed by atoms with Crippen LogP contribution in [0.15, 0.2) is 54.6 Å². The molecule has 1 aliphatic rings. The number of amides is 1. The SMILES string of the molecule is CC1C(c2ccccc2)c2ccccc2C(=O)N1C. The maximum Gasteiger partial charge on any atom is 0.254 e. The van der Waals surface area contributed by atoms with E-state index >= 15 is 0 Å². The number of hydrogen-bond donors (Lipinski definition) is 0. The second-order valence-corrected chi connectivity index (χ2v) is 5.13. The molecule has 2 nitrogen and oxygen atoms in total. The van der Waals surface area contributed by atoms with E-state index in [4.69, 9.17) is 0 Å². The van der Waals surface area contributed by atoms with Crippen molar-refractivity contribution in [2.75, 3.05) is 7.05 Å². The highest BCUT2D eigenvalue weighted by molar-refractivity contribution is 5.97. The summed E-state index contributed by atoms with van der Waals surface area (Å²) in [5.41, 5.74) is 3.24. The minimum Gasteiger partial charge on any atom is -0.338 e. The van der Waals surface area contributed by atoms with E-state index in [2.05, 4.69) is 37.3 Å². The predicted molar refractivity (Wildman–Crippen MR) is 76.3 cm³/mol. The third-order valence-electron chi connectivity index (χ3n) is 4.10. The maximum absolute atomic E-state index is 12.3. The van der Waals surface area contributed by atoms with Gasteiger partial charge in [0.15, 0.2) is 0 Å². The number of carbonyl (C=O) groups excluding carboxylic acids is 1. The number of fused-ring (bicyclic) bond motifs is 1. The highest BCUT2D eigenvalue weighted by atomic mass is 16.2. The molecule has 2 atom stereocenters. The molecule has 0 bridgehead atoms. The lowest BCUT2D eigenvalue weighted by Crippen LogP contribution is -2.44. The van der Waals surface area contributed by atoms with Crippen LogP contribution in [-0.4, -0.2) is 23.9 Å². The fourth-order valence-electron chi connectivity index (χ4n) is 2.94. The summed E-state index contributed by atoms with van der Waals surface area (Å²) in [5.74, 6) is 0.371. The van der Waals surface area contributed by atoms with Crippen molar-refractivity contribution < 1.29 is 4.79 Å². The molecule has 1 heterocycles. The van der Waals surface area contributed by atoms with Crippen LogP contribution in [0.4, 0.5) is 0 Å². The maximum atomic E-state index is 12.3. The summed E-state index contributed by atoms with van der Waals surface area (Å²) < 4.78 is 0. The molecule has 2 aromatic rings. The van der Waals surface area contributed by atoms with Crippen molar-refractivity contribution in [3.8, 4) is 0 Å². The summed E-state index contributed by atoms with van der Waals surface area (Å²) in [6.45, 7) is 2.12. The number of nitrogens with zero attached hydrogens (tertiary/aromatic N) is 1. The van der Waals surface area contributed by atoms with E-state index in [1.54, 1.807) is 0 Å². The molecular formula is C17H17NO. The van der Waals surface area contributed by atoms with E-state index in [0.717, 1.165) is 11.1 Å². The first-order valence-electron chi connectivity index (χ1n) is 6.61. The molecule has 1 aliphatic heterocycles. The fourth-order valence-corrected chi connectivity index (χ4v) is 2.94. The van der Waals surface area contributed by atoms with Gasteiger partial charge in [0, 0.05) is 24.6 Å². The lowest BCUT2D eigenvalue weighted by molar-refractivity contribution is 0.0704. The molecule has 2 aromatic carbocycles. The molecule has 0 aliphatic carbocycles. The Morgan fingerprint density at radius 3 is 2.32 bits per heavy atom. The van der Waals surface area contributed by atoms with Crippen LogP contribution >= 0.6 is 0 Å². The second kappa shape index (κ2) is 4.54. The van der Waals surface area contributed by atoms with Gasteiger partial charge in [-0.1, -0.05) is 48.5 Å². The summed E-state index contributed by atoms with van der Waals surface area (Å²) in [7, 11) is 1.89. The van der Waals surface area contributed by atoms with Crippen molar-refractivity contribution in [3.63, 3.8) is 0 Å². The zero-order chi connectivity index (χ0) is 13.4. The van der Waals surface area contributed by atoms with E-state index in [-0.39, 0.29) is 17.9 Å². The Hall–Kier alpha value is -2.09. The van der Waals surface area contributed by atoms with Crippen LogP contribution in [0, 0.1) is 0 Å². The van der Waals surface area contributed by atoms with Gasteiger partial charge in [-0.25, -0.2) is 0 Å². The Morgan fingerprint density at radius 1 is 0.947 bits per heavy atom. The van der Waals surface area contributed by atoms with Gasteiger partial charge in [-0.05, 0) is 24.1 Å². The molecule has 0 N–H and O–H groups in total.